The summed E-state index contributed by atoms with van der Waals surface area (Å²) in [5.41, 5.74) is 0.509. The van der Waals surface area contributed by atoms with E-state index in [1.807, 2.05) is 0 Å². The number of hydrogen-bond acceptors (Lipinski definition) is 5. The lowest BCUT2D eigenvalue weighted by Crippen LogP contribution is -2.36. The molecule has 0 bridgehead atoms. The SMILES string of the molecule is C=C1CC(=O)OB(C2CO2)OC(=O)C1. The Labute approximate surface area is 81.1 Å². The van der Waals surface area contributed by atoms with E-state index in [-0.39, 0.29) is 18.8 Å². The van der Waals surface area contributed by atoms with Gasteiger partial charge in [-0.05, 0) is 0 Å². The first-order valence-electron chi connectivity index (χ1n) is 4.32. The van der Waals surface area contributed by atoms with Gasteiger partial charge in [-0.15, -0.1) is 0 Å². The second kappa shape index (κ2) is 3.45. The summed E-state index contributed by atoms with van der Waals surface area (Å²) in [6, 6.07) is -0.283. The quantitative estimate of drug-likeness (QED) is 0.331. The van der Waals surface area contributed by atoms with Crippen LogP contribution in [0.5, 0.6) is 0 Å². The number of epoxide rings is 1. The van der Waals surface area contributed by atoms with Gasteiger partial charge in [-0.2, -0.15) is 0 Å². The molecule has 2 heterocycles. The molecule has 74 valence electrons. The molecule has 0 amide bonds. The minimum absolute atomic E-state index is 0.0678. The van der Waals surface area contributed by atoms with Gasteiger partial charge >= 0.3 is 7.12 Å². The molecule has 2 aliphatic heterocycles. The molecule has 5 nitrogen and oxygen atoms in total. The summed E-state index contributed by atoms with van der Waals surface area (Å²) in [5, 5.41) is 0. The first kappa shape index (κ1) is 9.27. The molecule has 0 radical (unpaired) electrons. The lowest BCUT2D eigenvalue weighted by atomic mass is 9.84. The average Bonchev–Trinajstić information content (AvgIpc) is 2.81. The van der Waals surface area contributed by atoms with Gasteiger partial charge in [-0.1, -0.05) is 12.2 Å². The highest BCUT2D eigenvalue weighted by molar-refractivity contribution is 6.51. The van der Waals surface area contributed by atoms with Crippen LogP contribution in [0, 0.1) is 0 Å². The summed E-state index contributed by atoms with van der Waals surface area (Å²) in [4.78, 5) is 22.3. The topological polar surface area (TPSA) is 65.1 Å². The summed E-state index contributed by atoms with van der Waals surface area (Å²) in [6.07, 6.45) is 0.136. The third-order valence-corrected chi connectivity index (χ3v) is 1.95. The third-order valence-electron chi connectivity index (χ3n) is 1.95. The molecule has 1 atom stereocenters. The van der Waals surface area contributed by atoms with Crippen molar-refractivity contribution in [2.24, 2.45) is 0 Å². The van der Waals surface area contributed by atoms with Crippen molar-refractivity contribution in [2.45, 2.75) is 18.8 Å². The molecule has 0 aliphatic carbocycles. The maximum Gasteiger partial charge on any atom is 0.632 e. The standard InChI is InChI=1S/C8H9BO5/c1-5-2-7(10)13-9(6-4-12-6)14-8(11)3-5/h6H,1-4H2. The highest BCUT2D eigenvalue weighted by Gasteiger charge is 2.47. The van der Waals surface area contributed by atoms with E-state index in [0.29, 0.717) is 12.2 Å². The molecule has 2 rings (SSSR count). The van der Waals surface area contributed by atoms with Gasteiger partial charge in [-0.3, -0.25) is 9.59 Å². The van der Waals surface area contributed by atoms with Crippen LogP contribution >= 0.6 is 0 Å². The van der Waals surface area contributed by atoms with Crippen LogP contribution < -0.4 is 0 Å². The highest BCUT2D eigenvalue weighted by Crippen LogP contribution is 2.20. The zero-order valence-electron chi connectivity index (χ0n) is 7.52. The Bertz CT molecular complexity index is 274. The van der Waals surface area contributed by atoms with Crippen molar-refractivity contribution >= 4 is 19.1 Å². The van der Waals surface area contributed by atoms with Crippen LogP contribution in [-0.4, -0.2) is 31.7 Å². The maximum absolute atomic E-state index is 11.2. The largest absolute Gasteiger partial charge is 0.632 e. The molecule has 2 saturated heterocycles. The van der Waals surface area contributed by atoms with Gasteiger partial charge in [0.15, 0.2) is 0 Å². The summed E-state index contributed by atoms with van der Waals surface area (Å²) in [5.74, 6) is -0.856. The van der Waals surface area contributed by atoms with Crippen molar-refractivity contribution in [3.63, 3.8) is 0 Å². The van der Waals surface area contributed by atoms with E-state index in [2.05, 4.69) is 6.58 Å². The molecule has 1 unspecified atom stereocenters. The zero-order chi connectivity index (χ0) is 10.1. The number of hydrogen-bond donors (Lipinski definition) is 0. The molecule has 0 spiro atoms. The van der Waals surface area contributed by atoms with Gasteiger partial charge < -0.3 is 14.0 Å². The van der Waals surface area contributed by atoms with Gasteiger partial charge in [0.25, 0.3) is 11.9 Å². The summed E-state index contributed by atoms with van der Waals surface area (Å²) in [7, 11) is -0.872. The van der Waals surface area contributed by atoms with Gasteiger partial charge in [-0.25, -0.2) is 0 Å². The van der Waals surface area contributed by atoms with Crippen LogP contribution in [0.4, 0.5) is 0 Å². The predicted molar refractivity (Wildman–Crippen MR) is 46.1 cm³/mol. The monoisotopic (exact) mass is 196 g/mol. The smallest absolute Gasteiger partial charge is 0.497 e. The number of rotatable bonds is 1. The van der Waals surface area contributed by atoms with Crippen molar-refractivity contribution in [2.75, 3.05) is 6.61 Å². The van der Waals surface area contributed by atoms with Gasteiger partial charge in [0.1, 0.15) is 6.00 Å². The second-order valence-corrected chi connectivity index (χ2v) is 3.32. The first-order chi connectivity index (χ1) is 6.65. The fourth-order valence-corrected chi connectivity index (χ4v) is 1.20. The third kappa shape index (κ3) is 2.14. The normalized spacial score (nSPS) is 27.6. The molecule has 0 aromatic heterocycles. The first-order valence-corrected chi connectivity index (χ1v) is 4.32. The molecule has 0 N–H and O–H groups in total. The summed E-state index contributed by atoms with van der Waals surface area (Å²) in [6.45, 7) is 4.03. The number of carbonyl (C=O) groups excluding carboxylic acids is 2. The lowest BCUT2D eigenvalue weighted by molar-refractivity contribution is -0.141. The lowest BCUT2D eigenvalue weighted by Gasteiger charge is -2.16. The molecule has 2 fully saturated rings. The minimum Gasteiger partial charge on any atom is -0.497 e. The van der Waals surface area contributed by atoms with Crippen molar-refractivity contribution in [3.8, 4) is 0 Å². The number of ether oxygens (including phenoxy) is 1. The molecule has 0 saturated carbocycles. The van der Waals surface area contributed by atoms with Crippen molar-refractivity contribution in [1.29, 1.82) is 0 Å². The summed E-state index contributed by atoms with van der Waals surface area (Å²) >= 11 is 0. The van der Waals surface area contributed by atoms with Crippen LogP contribution in [-0.2, 0) is 23.6 Å². The molecular formula is C8H9BO5. The van der Waals surface area contributed by atoms with E-state index in [1.165, 1.54) is 0 Å². The van der Waals surface area contributed by atoms with Crippen molar-refractivity contribution < 1.29 is 23.6 Å². The van der Waals surface area contributed by atoms with Gasteiger partial charge in [0, 0.05) is 0 Å². The average molecular weight is 196 g/mol. The van der Waals surface area contributed by atoms with Crippen LogP contribution in [0.25, 0.3) is 0 Å². The van der Waals surface area contributed by atoms with E-state index < -0.39 is 19.1 Å². The molecular weight excluding hydrogens is 187 g/mol. The maximum atomic E-state index is 11.2. The van der Waals surface area contributed by atoms with E-state index in [4.69, 9.17) is 14.0 Å². The van der Waals surface area contributed by atoms with Crippen LogP contribution in [0.1, 0.15) is 12.8 Å². The van der Waals surface area contributed by atoms with Crippen LogP contribution in [0.15, 0.2) is 12.2 Å². The van der Waals surface area contributed by atoms with Gasteiger partial charge in [0.05, 0.1) is 19.4 Å². The molecule has 6 heteroatoms. The highest BCUT2D eigenvalue weighted by atomic mass is 16.7. The van der Waals surface area contributed by atoms with E-state index in [0.717, 1.165) is 0 Å². The van der Waals surface area contributed by atoms with E-state index in [1.54, 1.807) is 0 Å². The Balaban J connectivity index is 2.03. The molecule has 2 aliphatic rings. The van der Waals surface area contributed by atoms with E-state index in [9.17, 15) is 9.59 Å². The summed E-state index contributed by atoms with van der Waals surface area (Å²) < 4.78 is 14.7. The Morgan fingerprint density at radius 3 is 2.14 bits per heavy atom. The molecule has 0 aromatic rings. The fourth-order valence-electron chi connectivity index (χ4n) is 1.20. The Morgan fingerprint density at radius 2 is 1.71 bits per heavy atom. The Kier molecular flexibility index (Phi) is 2.29. The molecule has 14 heavy (non-hydrogen) atoms. The molecule has 0 aromatic carbocycles. The fraction of sp³-hybridized carbons (Fsp3) is 0.500. The van der Waals surface area contributed by atoms with Crippen molar-refractivity contribution in [1.82, 2.24) is 0 Å². The Hall–Kier alpha value is -1.30. The van der Waals surface area contributed by atoms with Gasteiger partial charge in [0.2, 0.25) is 0 Å². The van der Waals surface area contributed by atoms with Crippen LogP contribution in [0.2, 0.25) is 0 Å². The zero-order valence-corrected chi connectivity index (χ0v) is 7.52. The van der Waals surface area contributed by atoms with Crippen LogP contribution in [0.3, 0.4) is 0 Å². The minimum atomic E-state index is -0.872. The Morgan fingerprint density at radius 1 is 1.21 bits per heavy atom. The van der Waals surface area contributed by atoms with Crippen molar-refractivity contribution in [3.05, 3.63) is 12.2 Å². The second-order valence-electron chi connectivity index (χ2n) is 3.32. The predicted octanol–water partition coefficient (Wildman–Crippen LogP) is -0.151. The number of carbonyl (C=O) groups is 2. The van der Waals surface area contributed by atoms with E-state index >= 15 is 0 Å².